The molecule has 3 N–H and O–H groups in total. The van der Waals surface area contributed by atoms with E-state index in [1.807, 2.05) is 0 Å². The summed E-state index contributed by atoms with van der Waals surface area (Å²) in [4.78, 5) is 34.2. The second-order valence-corrected chi connectivity index (χ2v) is 8.29. The van der Waals surface area contributed by atoms with Crippen LogP contribution >= 0.6 is 0 Å². The topological polar surface area (TPSA) is 95.5 Å². The van der Waals surface area contributed by atoms with Gasteiger partial charge in [-0.05, 0) is 55.8 Å². The molecular formula is C22H34N2O4. The van der Waals surface area contributed by atoms with Crippen molar-refractivity contribution in [2.45, 2.75) is 70.6 Å². The summed E-state index contributed by atoms with van der Waals surface area (Å²) in [7, 11) is 0. The molecule has 28 heavy (non-hydrogen) atoms. The summed E-state index contributed by atoms with van der Waals surface area (Å²) in [5, 5.41) is 14.3. The predicted octanol–water partition coefficient (Wildman–Crippen LogP) is 2.72. The number of carboxylic acid groups (broad SMARTS) is 1. The van der Waals surface area contributed by atoms with Crippen LogP contribution in [0.1, 0.15) is 70.6 Å². The Labute approximate surface area is 168 Å². The average Bonchev–Trinajstić information content (AvgIpc) is 3.27. The van der Waals surface area contributed by atoms with Gasteiger partial charge < -0.3 is 15.7 Å². The van der Waals surface area contributed by atoms with E-state index in [4.69, 9.17) is 11.5 Å². The van der Waals surface area contributed by atoms with E-state index in [0.717, 1.165) is 31.6 Å². The van der Waals surface area contributed by atoms with E-state index >= 15 is 0 Å². The van der Waals surface area contributed by atoms with Gasteiger partial charge in [-0.2, -0.15) is 0 Å². The second-order valence-electron chi connectivity index (χ2n) is 8.29. The second kappa shape index (κ2) is 11.7. The lowest BCUT2D eigenvalue weighted by atomic mass is 9.76. The number of nitrogens with one attached hydrogen (secondary N) is 2. The molecule has 4 atom stereocenters. The Morgan fingerprint density at radius 1 is 0.929 bits per heavy atom. The standard InChI is InChI=1S/C22H34N2O4/c1-2-3-9-20(25)24-15-21(26)23-14-19-17-12-11-16(13-17)18(19)8-6-4-5-7-10-22(27)28/h1,16-19H,3-15H2,(H,23,26)(H,24,25)(H,27,28)/t16-,17+,18-,19+/m0/s1. The molecule has 2 amide bonds. The molecule has 2 saturated carbocycles. The van der Waals surface area contributed by atoms with Crippen molar-refractivity contribution in [2.24, 2.45) is 23.7 Å². The molecule has 2 aliphatic carbocycles. The number of hydrogen-bond donors (Lipinski definition) is 3. The zero-order chi connectivity index (χ0) is 20.4. The molecule has 2 bridgehead atoms. The van der Waals surface area contributed by atoms with Crippen molar-refractivity contribution < 1.29 is 19.5 Å². The normalized spacial score (nSPS) is 25.2. The van der Waals surface area contributed by atoms with Crippen LogP contribution in [0.5, 0.6) is 0 Å². The quantitative estimate of drug-likeness (QED) is 0.333. The SMILES string of the molecule is C#CCCC(=O)NCC(=O)NC[C@@H]1[C@@H]2CC[C@@H](C2)[C@@H]1CCCCCCC(=O)O. The first kappa shape index (κ1) is 22.3. The third kappa shape index (κ3) is 7.18. The molecule has 2 fully saturated rings. The van der Waals surface area contributed by atoms with Gasteiger partial charge in [0.05, 0.1) is 6.54 Å². The predicted molar refractivity (Wildman–Crippen MR) is 107 cm³/mol. The van der Waals surface area contributed by atoms with E-state index in [0.29, 0.717) is 30.7 Å². The fourth-order valence-electron chi connectivity index (χ4n) is 5.05. The molecular weight excluding hydrogens is 356 g/mol. The Bertz CT molecular complexity index is 584. The summed E-state index contributed by atoms with van der Waals surface area (Å²) in [6, 6.07) is 0. The minimum Gasteiger partial charge on any atom is -0.481 e. The molecule has 2 aliphatic rings. The molecule has 0 unspecified atom stereocenters. The molecule has 0 aromatic rings. The summed E-state index contributed by atoms with van der Waals surface area (Å²) < 4.78 is 0. The third-order valence-electron chi connectivity index (χ3n) is 6.43. The maximum atomic E-state index is 12.1. The van der Waals surface area contributed by atoms with E-state index in [1.54, 1.807) is 0 Å². The molecule has 156 valence electrons. The van der Waals surface area contributed by atoms with Gasteiger partial charge in [-0.15, -0.1) is 12.3 Å². The monoisotopic (exact) mass is 390 g/mol. The molecule has 0 aromatic carbocycles. The molecule has 0 heterocycles. The van der Waals surface area contributed by atoms with E-state index in [-0.39, 0.29) is 31.2 Å². The first-order valence-electron chi connectivity index (χ1n) is 10.7. The highest BCUT2D eigenvalue weighted by Gasteiger charge is 2.46. The average molecular weight is 391 g/mol. The Balaban J connectivity index is 1.66. The third-order valence-corrected chi connectivity index (χ3v) is 6.43. The molecule has 2 rings (SSSR count). The Morgan fingerprint density at radius 3 is 2.36 bits per heavy atom. The summed E-state index contributed by atoms with van der Waals surface area (Å²) in [6.45, 7) is 0.711. The Kier molecular flexibility index (Phi) is 9.33. The number of aliphatic carboxylic acids is 1. The van der Waals surface area contributed by atoms with E-state index in [1.165, 1.54) is 25.7 Å². The van der Waals surface area contributed by atoms with Crippen LogP contribution in [0.25, 0.3) is 0 Å². The minimum absolute atomic E-state index is 0.0124. The van der Waals surface area contributed by atoms with Crippen LogP contribution in [0.3, 0.4) is 0 Å². The lowest BCUT2D eigenvalue weighted by molar-refractivity contribution is -0.137. The van der Waals surface area contributed by atoms with Crippen molar-refractivity contribution in [2.75, 3.05) is 13.1 Å². The number of rotatable bonds is 13. The summed E-state index contributed by atoms with van der Waals surface area (Å²) in [5.41, 5.74) is 0. The van der Waals surface area contributed by atoms with Crippen LogP contribution in [0.15, 0.2) is 0 Å². The van der Waals surface area contributed by atoms with Crippen molar-refractivity contribution >= 4 is 17.8 Å². The van der Waals surface area contributed by atoms with Gasteiger partial charge in [0.2, 0.25) is 11.8 Å². The maximum Gasteiger partial charge on any atom is 0.303 e. The number of fused-ring (bicyclic) bond motifs is 2. The van der Waals surface area contributed by atoms with Gasteiger partial charge >= 0.3 is 5.97 Å². The highest BCUT2D eigenvalue weighted by atomic mass is 16.4. The van der Waals surface area contributed by atoms with Gasteiger partial charge in [-0.1, -0.05) is 19.3 Å². The van der Waals surface area contributed by atoms with Crippen LogP contribution in [0.2, 0.25) is 0 Å². The number of unbranched alkanes of at least 4 members (excludes halogenated alkanes) is 3. The van der Waals surface area contributed by atoms with E-state index in [9.17, 15) is 14.4 Å². The summed E-state index contributed by atoms with van der Waals surface area (Å²) >= 11 is 0. The van der Waals surface area contributed by atoms with Gasteiger partial charge in [0, 0.05) is 25.8 Å². The molecule has 6 heteroatoms. The largest absolute Gasteiger partial charge is 0.481 e. The van der Waals surface area contributed by atoms with Crippen molar-refractivity contribution in [3.05, 3.63) is 0 Å². The molecule has 0 aromatic heterocycles. The summed E-state index contributed by atoms with van der Waals surface area (Å²) in [5.74, 6) is 4.09. The number of amides is 2. The molecule has 6 nitrogen and oxygen atoms in total. The van der Waals surface area contributed by atoms with Crippen LogP contribution in [0.4, 0.5) is 0 Å². The first-order valence-corrected chi connectivity index (χ1v) is 10.7. The van der Waals surface area contributed by atoms with E-state index in [2.05, 4.69) is 16.6 Å². The minimum atomic E-state index is -0.712. The zero-order valence-corrected chi connectivity index (χ0v) is 16.8. The molecule has 0 spiro atoms. The van der Waals surface area contributed by atoms with Gasteiger partial charge in [0.1, 0.15) is 0 Å². The maximum absolute atomic E-state index is 12.1. The van der Waals surface area contributed by atoms with Crippen molar-refractivity contribution in [3.8, 4) is 12.3 Å². The van der Waals surface area contributed by atoms with Crippen LogP contribution in [-0.2, 0) is 14.4 Å². The number of terminal acetylenes is 1. The fraction of sp³-hybridized carbons (Fsp3) is 0.773. The van der Waals surface area contributed by atoms with Crippen LogP contribution in [-0.4, -0.2) is 36.0 Å². The van der Waals surface area contributed by atoms with Gasteiger partial charge in [-0.3, -0.25) is 14.4 Å². The van der Waals surface area contributed by atoms with Gasteiger partial charge in [0.15, 0.2) is 0 Å². The molecule has 0 saturated heterocycles. The fourth-order valence-corrected chi connectivity index (χ4v) is 5.05. The number of carbonyl (C=O) groups excluding carboxylic acids is 2. The highest BCUT2D eigenvalue weighted by Crippen LogP contribution is 2.53. The molecule has 0 aliphatic heterocycles. The first-order chi connectivity index (χ1) is 13.5. The van der Waals surface area contributed by atoms with Gasteiger partial charge in [0.25, 0.3) is 0 Å². The van der Waals surface area contributed by atoms with Crippen molar-refractivity contribution in [1.29, 1.82) is 0 Å². The highest BCUT2D eigenvalue weighted by molar-refractivity contribution is 5.84. The number of carboxylic acids is 1. The van der Waals surface area contributed by atoms with Gasteiger partial charge in [-0.25, -0.2) is 0 Å². The molecule has 0 radical (unpaired) electrons. The summed E-state index contributed by atoms with van der Waals surface area (Å²) in [6.07, 6.45) is 15.0. The smallest absolute Gasteiger partial charge is 0.303 e. The van der Waals surface area contributed by atoms with Crippen LogP contribution in [0, 0.1) is 36.0 Å². The van der Waals surface area contributed by atoms with Crippen LogP contribution < -0.4 is 10.6 Å². The Hall–Kier alpha value is -2.03. The number of carbonyl (C=O) groups is 3. The number of hydrogen-bond acceptors (Lipinski definition) is 3. The van der Waals surface area contributed by atoms with Crippen molar-refractivity contribution in [3.63, 3.8) is 0 Å². The zero-order valence-electron chi connectivity index (χ0n) is 16.8. The lowest BCUT2D eigenvalue weighted by Gasteiger charge is -2.31. The van der Waals surface area contributed by atoms with Crippen molar-refractivity contribution in [1.82, 2.24) is 10.6 Å². The lowest BCUT2D eigenvalue weighted by Crippen LogP contribution is -2.41. The van der Waals surface area contributed by atoms with E-state index < -0.39 is 5.97 Å². The Morgan fingerprint density at radius 2 is 1.64 bits per heavy atom.